The number of carbonyl (C=O) groups is 1. The van der Waals surface area contributed by atoms with Crippen LogP contribution in [0.4, 0.5) is 11.5 Å². The largest absolute Gasteiger partial charge is 0.310 e. The molecular weight excluding hydrogens is 368 g/mol. The van der Waals surface area contributed by atoms with Gasteiger partial charge in [-0.2, -0.15) is 5.10 Å². The van der Waals surface area contributed by atoms with E-state index in [0.717, 1.165) is 22.0 Å². The van der Waals surface area contributed by atoms with Gasteiger partial charge in [-0.15, -0.1) is 0 Å². The summed E-state index contributed by atoms with van der Waals surface area (Å²) in [6.45, 7) is 1.82. The molecule has 4 rings (SSSR count). The van der Waals surface area contributed by atoms with Crippen molar-refractivity contribution in [2.24, 2.45) is 0 Å². The Morgan fingerprint density at radius 3 is 2.48 bits per heavy atom. The molecule has 0 saturated carbocycles. The van der Waals surface area contributed by atoms with Gasteiger partial charge in [0, 0.05) is 18.2 Å². The molecule has 1 heterocycles. The molecule has 0 saturated heterocycles. The summed E-state index contributed by atoms with van der Waals surface area (Å²) in [4.78, 5) is 23.0. The lowest BCUT2D eigenvalue weighted by Gasteiger charge is -2.09. The standard InChI is InChI=1S/C22H18N4O3/c1-15-12-21(25(24-15)19-8-10-20(11-9-19)26(28)29)23-22(27)14-16-6-7-17-4-2-3-5-18(17)13-16/h2-13H,14H2,1H3,(H,23,27). The molecule has 1 aromatic heterocycles. The third-order valence-electron chi connectivity index (χ3n) is 4.58. The van der Waals surface area contributed by atoms with Crippen LogP contribution in [0.25, 0.3) is 16.5 Å². The summed E-state index contributed by atoms with van der Waals surface area (Å²) in [5.41, 5.74) is 2.27. The van der Waals surface area contributed by atoms with Gasteiger partial charge in [-0.05, 0) is 35.4 Å². The van der Waals surface area contributed by atoms with E-state index in [-0.39, 0.29) is 18.0 Å². The molecule has 0 aliphatic heterocycles. The van der Waals surface area contributed by atoms with Gasteiger partial charge < -0.3 is 5.32 Å². The smallest absolute Gasteiger partial charge is 0.269 e. The number of anilines is 1. The van der Waals surface area contributed by atoms with Crippen LogP contribution in [0.3, 0.4) is 0 Å². The first-order valence-corrected chi connectivity index (χ1v) is 9.08. The number of carbonyl (C=O) groups excluding carboxylic acids is 1. The summed E-state index contributed by atoms with van der Waals surface area (Å²) in [6, 6.07) is 21.7. The molecule has 4 aromatic rings. The number of nitrogens with zero attached hydrogens (tertiary/aromatic N) is 3. The Labute approximate surface area is 166 Å². The summed E-state index contributed by atoms with van der Waals surface area (Å²) < 4.78 is 1.57. The second-order valence-electron chi connectivity index (χ2n) is 6.76. The Morgan fingerprint density at radius 2 is 1.76 bits per heavy atom. The molecule has 0 spiro atoms. The molecule has 3 aromatic carbocycles. The summed E-state index contributed by atoms with van der Waals surface area (Å²) in [5.74, 6) is 0.352. The van der Waals surface area contributed by atoms with Gasteiger partial charge in [-0.25, -0.2) is 4.68 Å². The Hall–Kier alpha value is -4.00. The van der Waals surface area contributed by atoms with Crippen molar-refractivity contribution in [2.45, 2.75) is 13.3 Å². The molecule has 1 N–H and O–H groups in total. The lowest BCUT2D eigenvalue weighted by atomic mass is 10.0. The zero-order valence-electron chi connectivity index (χ0n) is 15.7. The van der Waals surface area contributed by atoms with Gasteiger partial charge in [-0.3, -0.25) is 14.9 Å². The van der Waals surface area contributed by atoms with Crippen LogP contribution in [0, 0.1) is 17.0 Å². The maximum Gasteiger partial charge on any atom is 0.269 e. The highest BCUT2D eigenvalue weighted by Crippen LogP contribution is 2.21. The molecular formula is C22H18N4O3. The molecule has 0 fully saturated rings. The molecule has 1 amide bonds. The first-order valence-electron chi connectivity index (χ1n) is 9.08. The number of benzene rings is 3. The number of nitrogens with one attached hydrogen (secondary N) is 1. The van der Waals surface area contributed by atoms with E-state index in [4.69, 9.17) is 0 Å². The highest BCUT2D eigenvalue weighted by Gasteiger charge is 2.13. The lowest BCUT2D eigenvalue weighted by Crippen LogP contribution is -2.17. The van der Waals surface area contributed by atoms with Gasteiger partial charge >= 0.3 is 0 Å². The minimum absolute atomic E-state index is 0.000447. The Kier molecular flexibility index (Phi) is 4.78. The maximum atomic E-state index is 12.6. The first kappa shape index (κ1) is 18.4. The first-order chi connectivity index (χ1) is 14.0. The fourth-order valence-electron chi connectivity index (χ4n) is 3.22. The van der Waals surface area contributed by atoms with Gasteiger partial charge in [0.15, 0.2) is 0 Å². The number of rotatable bonds is 5. The quantitative estimate of drug-likeness (QED) is 0.406. The average molecular weight is 386 g/mol. The second-order valence-corrected chi connectivity index (χ2v) is 6.76. The van der Waals surface area contributed by atoms with Crippen molar-refractivity contribution < 1.29 is 9.72 Å². The average Bonchev–Trinajstić information content (AvgIpc) is 3.07. The van der Waals surface area contributed by atoms with Crippen LogP contribution < -0.4 is 5.32 Å². The van der Waals surface area contributed by atoms with Crippen molar-refractivity contribution in [3.8, 4) is 5.69 Å². The molecule has 0 aliphatic carbocycles. The highest BCUT2D eigenvalue weighted by molar-refractivity contribution is 5.93. The summed E-state index contributed by atoms with van der Waals surface area (Å²) in [6.07, 6.45) is 0.231. The van der Waals surface area contributed by atoms with Crippen LogP contribution in [-0.2, 0) is 11.2 Å². The number of hydrogen-bond acceptors (Lipinski definition) is 4. The van der Waals surface area contributed by atoms with Crippen molar-refractivity contribution in [3.63, 3.8) is 0 Å². The monoisotopic (exact) mass is 386 g/mol. The van der Waals surface area contributed by atoms with E-state index in [2.05, 4.69) is 10.4 Å². The van der Waals surface area contributed by atoms with E-state index in [0.29, 0.717) is 11.5 Å². The molecule has 144 valence electrons. The Bertz CT molecular complexity index is 1210. The summed E-state index contributed by atoms with van der Waals surface area (Å²) >= 11 is 0. The van der Waals surface area contributed by atoms with Crippen LogP contribution in [0.2, 0.25) is 0 Å². The third kappa shape index (κ3) is 3.98. The second kappa shape index (κ2) is 7.55. The number of hydrogen-bond donors (Lipinski definition) is 1. The molecule has 0 unspecified atom stereocenters. The number of nitro benzene ring substituents is 1. The number of nitro groups is 1. The minimum Gasteiger partial charge on any atom is -0.310 e. The van der Waals surface area contributed by atoms with Gasteiger partial charge in [0.25, 0.3) is 5.69 Å². The third-order valence-corrected chi connectivity index (χ3v) is 4.58. The summed E-state index contributed by atoms with van der Waals surface area (Å²) in [5, 5.41) is 20.3. The zero-order chi connectivity index (χ0) is 20.4. The molecule has 0 aliphatic rings. The van der Waals surface area contributed by atoms with Gasteiger partial charge in [0.2, 0.25) is 5.91 Å². The highest BCUT2D eigenvalue weighted by atomic mass is 16.6. The Morgan fingerprint density at radius 1 is 1.03 bits per heavy atom. The van der Waals surface area contributed by atoms with Crippen LogP contribution in [0.1, 0.15) is 11.3 Å². The van der Waals surface area contributed by atoms with E-state index >= 15 is 0 Å². The molecule has 0 bridgehead atoms. The van der Waals surface area contributed by atoms with E-state index in [1.807, 2.05) is 49.4 Å². The maximum absolute atomic E-state index is 12.6. The van der Waals surface area contributed by atoms with Crippen molar-refractivity contribution in [3.05, 3.63) is 94.2 Å². The van der Waals surface area contributed by atoms with E-state index in [1.165, 1.54) is 12.1 Å². The molecule has 0 atom stereocenters. The van der Waals surface area contributed by atoms with Crippen LogP contribution in [0.5, 0.6) is 0 Å². The van der Waals surface area contributed by atoms with Crippen molar-refractivity contribution in [1.29, 1.82) is 0 Å². The lowest BCUT2D eigenvalue weighted by molar-refractivity contribution is -0.384. The molecule has 7 nitrogen and oxygen atoms in total. The van der Waals surface area contributed by atoms with Gasteiger partial charge in [-0.1, -0.05) is 42.5 Å². The topological polar surface area (TPSA) is 90.1 Å². The van der Waals surface area contributed by atoms with Crippen molar-refractivity contribution in [2.75, 3.05) is 5.32 Å². The van der Waals surface area contributed by atoms with Crippen LogP contribution >= 0.6 is 0 Å². The predicted octanol–water partition coefficient (Wildman–Crippen LogP) is 4.42. The minimum atomic E-state index is -0.454. The number of aryl methyl sites for hydroxylation is 1. The number of amides is 1. The van der Waals surface area contributed by atoms with E-state index < -0.39 is 4.92 Å². The molecule has 29 heavy (non-hydrogen) atoms. The summed E-state index contributed by atoms with van der Waals surface area (Å²) in [7, 11) is 0. The van der Waals surface area contributed by atoms with E-state index in [1.54, 1.807) is 22.9 Å². The zero-order valence-corrected chi connectivity index (χ0v) is 15.7. The predicted molar refractivity (Wildman–Crippen MR) is 111 cm³/mol. The normalized spacial score (nSPS) is 10.8. The molecule has 7 heteroatoms. The number of aromatic nitrogens is 2. The molecule has 0 radical (unpaired) electrons. The van der Waals surface area contributed by atoms with Crippen molar-refractivity contribution in [1.82, 2.24) is 9.78 Å². The number of fused-ring (bicyclic) bond motifs is 1. The fourth-order valence-corrected chi connectivity index (χ4v) is 3.22. The fraction of sp³-hybridized carbons (Fsp3) is 0.0909. The van der Waals surface area contributed by atoms with Crippen LogP contribution in [0.15, 0.2) is 72.8 Å². The SMILES string of the molecule is Cc1cc(NC(=O)Cc2ccc3ccccc3c2)n(-c2ccc([N+](=O)[O-])cc2)n1. The van der Waals surface area contributed by atoms with Crippen LogP contribution in [-0.4, -0.2) is 20.6 Å². The van der Waals surface area contributed by atoms with Gasteiger partial charge in [0.05, 0.1) is 22.7 Å². The Balaban J connectivity index is 1.54. The van der Waals surface area contributed by atoms with Gasteiger partial charge in [0.1, 0.15) is 5.82 Å². The van der Waals surface area contributed by atoms with Crippen molar-refractivity contribution >= 4 is 28.2 Å². The number of non-ortho nitro benzene ring substituents is 1. The van der Waals surface area contributed by atoms with E-state index in [9.17, 15) is 14.9 Å².